The zero-order valence-corrected chi connectivity index (χ0v) is 28.4. The molecule has 2 heteroatoms. The van der Waals surface area contributed by atoms with Gasteiger partial charge in [0.25, 0.3) is 0 Å². The molecule has 0 bridgehead atoms. The third-order valence-electron chi connectivity index (χ3n) is 10.2. The largest absolute Gasteiger partial charge is 0.456 e. The number of furan rings is 1. The van der Waals surface area contributed by atoms with Gasteiger partial charge >= 0.3 is 0 Å². The molecule has 244 valence electrons. The normalized spacial score (nSPS) is 11.5. The maximum Gasteiger partial charge on any atom is 0.136 e. The van der Waals surface area contributed by atoms with E-state index in [1.165, 1.54) is 49.2 Å². The minimum absolute atomic E-state index is 0.902. The van der Waals surface area contributed by atoms with Gasteiger partial charge in [0.1, 0.15) is 11.2 Å². The Balaban J connectivity index is 1.06. The van der Waals surface area contributed by atoms with Crippen molar-refractivity contribution in [3.8, 4) is 33.4 Å². The third-order valence-corrected chi connectivity index (χ3v) is 10.2. The molecule has 0 fully saturated rings. The van der Waals surface area contributed by atoms with Gasteiger partial charge < -0.3 is 9.32 Å². The third kappa shape index (κ3) is 5.21. The summed E-state index contributed by atoms with van der Waals surface area (Å²) in [6.07, 6.45) is 0. The zero-order chi connectivity index (χ0) is 34.4. The van der Waals surface area contributed by atoms with Crippen LogP contribution in [0, 0.1) is 0 Å². The molecule has 10 aromatic rings. The standard InChI is InChI=1S/C50H33NO/c1-3-12-36(13-4-1)47-33-43(27-29-44(47)40-20-19-34-11-7-8-15-38(34)31-40)51(41-16-5-2-6-17-41)42-25-21-35(22-26-42)39-23-28-46-49(32-39)52-48-30-24-37-14-9-10-18-45(37)50(46)48/h1-33H. The highest BCUT2D eigenvalue weighted by Crippen LogP contribution is 2.42. The van der Waals surface area contributed by atoms with Gasteiger partial charge in [0.2, 0.25) is 0 Å². The second-order valence-electron chi connectivity index (χ2n) is 13.3. The number of rotatable bonds is 6. The first-order valence-electron chi connectivity index (χ1n) is 17.8. The minimum Gasteiger partial charge on any atom is -0.456 e. The van der Waals surface area contributed by atoms with Crippen molar-refractivity contribution in [3.63, 3.8) is 0 Å². The summed E-state index contributed by atoms with van der Waals surface area (Å²) in [5, 5.41) is 7.24. The summed E-state index contributed by atoms with van der Waals surface area (Å²) in [7, 11) is 0. The number of para-hydroxylation sites is 1. The summed E-state index contributed by atoms with van der Waals surface area (Å²) in [5.74, 6) is 0. The lowest BCUT2D eigenvalue weighted by atomic mass is 9.92. The van der Waals surface area contributed by atoms with Gasteiger partial charge in [-0.3, -0.25) is 0 Å². The highest BCUT2D eigenvalue weighted by Gasteiger charge is 2.17. The van der Waals surface area contributed by atoms with Crippen molar-refractivity contribution in [1.82, 2.24) is 0 Å². The quantitative estimate of drug-likeness (QED) is 0.176. The Bertz CT molecular complexity index is 2890. The first kappa shape index (κ1) is 30.0. The first-order chi connectivity index (χ1) is 25.8. The fourth-order valence-corrected chi connectivity index (χ4v) is 7.69. The van der Waals surface area contributed by atoms with Crippen LogP contribution in [0.1, 0.15) is 0 Å². The Morgan fingerprint density at radius 2 is 0.942 bits per heavy atom. The summed E-state index contributed by atoms with van der Waals surface area (Å²) in [6.45, 7) is 0. The molecule has 0 radical (unpaired) electrons. The van der Waals surface area contributed by atoms with Crippen molar-refractivity contribution in [2.75, 3.05) is 4.90 Å². The maximum absolute atomic E-state index is 6.40. The molecule has 0 saturated heterocycles. The van der Waals surface area contributed by atoms with Crippen LogP contribution < -0.4 is 4.90 Å². The van der Waals surface area contributed by atoms with E-state index in [1.807, 2.05) is 0 Å². The van der Waals surface area contributed by atoms with Gasteiger partial charge in [-0.2, -0.15) is 0 Å². The summed E-state index contributed by atoms with van der Waals surface area (Å²) >= 11 is 0. The lowest BCUT2D eigenvalue weighted by Gasteiger charge is -2.27. The van der Waals surface area contributed by atoms with Gasteiger partial charge in [-0.1, -0.05) is 140 Å². The molecular weight excluding hydrogens is 631 g/mol. The SMILES string of the molecule is c1ccc(-c2cc(N(c3ccccc3)c3ccc(-c4ccc5c(c4)oc4ccc6ccccc6c45)cc3)ccc2-c2ccc3ccccc3c2)cc1. The molecule has 10 rings (SSSR count). The second-order valence-corrected chi connectivity index (χ2v) is 13.3. The van der Waals surface area contributed by atoms with Crippen LogP contribution >= 0.6 is 0 Å². The van der Waals surface area contributed by atoms with Crippen molar-refractivity contribution in [2.45, 2.75) is 0 Å². The Hall–Kier alpha value is -6.90. The van der Waals surface area contributed by atoms with Crippen molar-refractivity contribution >= 4 is 60.5 Å². The summed E-state index contributed by atoms with van der Waals surface area (Å²) in [4.78, 5) is 2.34. The van der Waals surface area contributed by atoms with E-state index in [-0.39, 0.29) is 0 Å². The van der Waals surface area contributed by atoms with Crippen LogP contribution in [0.4, 0.5) is 17.1 Å². The smallest absolute Gasteiger partial charge is 0.136 e. The molecule has 0 N–H and O–H groups in total. The zero-order valence-electron chi connectivity index (χ0n) is 28.4. The number of anilines is 3. The Morgan fingerprint density at radius 1 is 0.308 bits per heavy atom. The van der Waals surface area contributed by atoms with E-state index < -0.39 is 0 Å². The van der Waals surface area contributed by atoms with E-state index in [9.17, 15) is 0 Å². The average Bonchev–Trinajstić information content (AvgIpc) is 3.60. The van der Waals surface area contributed by atoms with Crippen LogP contribution in [0.3, 0.4) is 0 Å². The monoisotopic (exact) mass is 663 g/mol. The fourth-order valence-electron chi connectivity index (χ4n) is 7.69. The van der Waals surface area contributed by atoms with E-state index in [0.717, 1.165) is 44.7 Å². The van der Waals surface area contributed by atoms with Crippen molar-refractivity contribution < 1.29 is 4.42 Å². The van der Waals surface area contributed by atoms with Gasteiger partial charge in [0, 0.05) is 27.8 Å². The fraction of sp³-hybridized carbons (Fsp3) is 0. The predicted octanol–water partition coefficient (Wildman–Crippen LogP) is 14.4. The van der Waals surface area contributed by atoms with Crippen LogP contribution in [0.2, 0.25) is 0 Å². The molecule has 0 saturated carbocycles. The minimum atomic E-state index is 0.902. The van der Waals surface area contributed by atoms with Gasteiger partial charge in [-0.15, -0.1) is 0 Å². The van der Waals surface area contributed by atoms with Gasteiger partial charge in [0.05, 0.1) is 0 Å². The number of nitrogens with zero attached hydrogens (tertiary/aromatic N) is 1. The number of fused-ring (bicyclic) bond motifs is 6. The molecule has 0 amide bonds. The van der Waals surface area contributed by atoms with Crippen LogP contribution in [-0.4, -0.2) is 0 Å². The first-order valence-corrected chi connectivity index (χ1v) is 17.8. The average molecular weight is 664 g/mol. The molecule has 1 aromatic heterocycles. The molecule has 9 aromatic carbocycles. The summed E-state index contributed by atoms with van der Waals surface area (Å²) in [5.41, 5.74) is 12.2. The highest BCUT2D eigenvalue weighted by molar-refractivity contribution is 6.19. The van der Waals surface area contributed by atoms with Crippen LogP contribution in [0.5, 0.6) is 0 Å². The van der Waals surface area contributed by atoms with Crippen molar-refractivity contribution in [2.24, 2.45) is 0 Å². The number of hydrogen-bond acceptors (Lipinski definition) is 2. The summed E-state index contributed by atoms with van der Waals surface area (Å²) in [6, 6.07) is 71.7. The van der Waals surface area contributed by atoms with Crippen LogP contribution in [0.15, 0.2) is 205 Å². The van der Waals surface area contributed by atoms with Crippen molar-refractivity contribution in [1.29, 1.82) is 0 Å². The molecule has 52 heavy (non-hydrogen) atoms. The molecule has 1 heterocycles. The summed E-state index contributed by atoms with van der Waals surface area (Å²) < 4.78 is 6.40. The van der Waals surface area contributed by atoms with Gasteiger partial charge in [0.15, 0.2) is 0 Å². The molecule has 0 aliphatic heterocycles. The molecule has 0 aliphatic carbocycles. The van der Waals surface area contributed by atoms with Crippen LogP contribution in [0.25, 0.3) is 76.9 Å². The molecular formula is C50H33NO. The topological polar surface area (TPSA) is 16.4 Å². The number of benzene rings is 9. The molecule has 2 nitrogen and oxygen atoms in total. The molecule has 0 atom stereocenters. The molecule has 0 unspecified atom stereocenters. The van der Waals surface area contributed by atoms with E-state index in [2.05, 4.69) is 205 Å². The Kier molecular flexibility index (Phi) is 7.18. The predicted molar refractivity (Wildman–Crippen MR) is 220 cm³/mol. The molecule has 0 spiro atoms. The van der Waals surface area contributed by atoms with Crippen molar-refractivity contribution in [3.05, 3.63) is 200 Å². The van der Waals surface area contributed by atoms with Crippen LogP contribution in [-0.2, 0) is 0 Å². The Labute approximate surface area is 302 Å². The lowest BCUT2D eigenvalue weighted by molar-refractivity contribution is 0.669. The van der Waals surface area contributed by atoms with Gasteiger partial charge in [-0.25, -0.2) is 0 Å². The second kappa shape index (κ2) is 12.5. The van der Waals surface area contributed by atoms with E-state index in [0.29, 0.717) is 0 Å². The molecule has 0 aliphatic rings. The lowest BCUT2D eigenvalue weighted by Crippen LogP contribution is -2.10. The maximum atomic E-state index is 6.40. The number of hydrogen-bond donors (Lipinski definition) is 0. The van der Waals surface area contributed by atoms with E-state index >= 15 is 0 Å². The van der Waals surface area contributed by atoms with E-state index in [4.69, 9.17) is 4.42 Å². The van der Waals surface area contributed by atoms with E-state index in [1.54, 1.807) is 0 Å². The van der Waals surface area contributed by atoms with Gasteiger partial charge in [-0.05, 0) is 116 Å². The highest BCUT2D eigenvalue weighted by atomic mass is 16.3. The Morgan fingerprint density at radius 3 is 1.77 bits per heavy atom.